The molecule has 6 heteroatoms. The largest absolute Gasteiger partial charge is 0.494 e. The van der Waals surface area contributed by atoms with Crippen LogP contribution in [0.1, 0.15) is 35.1 Å². The fourth-order valence-electron chi connectivity index (χ4n) is 3.32. The third kappa shape index (κ3) is 5.37. The summed E-state index contributed by atoms with van der Waals surface area (Å²) in [6.07, 6.45) is 0.446. The first kappa shape index (κ1) is 23.5. The van der Waals surface area contributed by atoms with Crippen LogP contribution in [0, 0.1) is 27.7 Å². The van der Waals surface area contributed by atoms with Crippen LogP contribution in [0.3, 0.4) is 0 Å². The van der Waals surface area contributed by atoms with Crippen molar-refractivity contribution in [2.75, 3.05) is 10.9 Å². The van der Waals surface area contributed by atoms with E-state index in [-0.39, 0.29) is 11.3 Å². The second-order valence-corrected chi connectivity index (χ2v) is 9.75. The van der Waals surface area contributed by atoms with Crippen LogP contribution >= 0.6 is 0 Å². The van der Waals surface area contributed by atoms with Crippen LogP contribution in [-0.4, -0.2) is 20.9 Å². The molecule has 0 aliphatic heterocycles. The Labute approximate surface area is 190 Å². The summed E-state index contributed by atoms with van der Waals surface area (Å²) in [6, 6.07) is 19.5. The Hall–Kier alpha value is -3.12. The second kappa shape index (κ2) is 10.0. The van der Waals surface area contributed by atoms with Crippen LogP contribution < -0.4 is 9.04 Å². The Morgan fingerprint density at radius 1 is 0.844 bits per heavy atom. The Balaban J connectivity index is 1.83. The molecule has 0 saturated carbocycles. The van der Waals surface area contributed by atoms with Crippen molar-refractivity contribution in [1.29, 1.82) is 0 Å². The van der Waals surface area contributed by atoms with Gasteiger partial charge in [0.1, 0.15) is 5.75 Å². The molecule has 32 heavy (non-hydrogen) atoms. The molecule has 0 heterocycles. The smallest absolute Gasteiger partial charge is 0.270 e. The summed E-state index contributed by atoms with van der Waals surface area (Å²) in [6.45, 7) is 7.93. The van der Waals surface area contributed by atoms with Crippen LogP contribution in [0.4, 0.5) is 5.69 Å². The molecule has 0 fully saturated rings. The normalized spacial score (nSPS) is 11.2. The van der Waals surface area contributed by atoms with Crippen molar-refractivity contribution < 1.29 is 17.9 Å². The van der Waals surface area contributed by atoms with E-state index in [1.165, 1.54) is 12.1 Å². The number of aryl methyl sites for hydroxylation is 3. The van der Waals surface area contributed by atoms with Gasteiger partial charge in [0.05, 0.1) is 17.2 Å². The van der Waals surface area contributed by atoms with Crippen molar-refractivity contribution in [2.24, 2.45) is 0 Å². The first-order valence-corrected chi connectivity index (χ1v) is 12.0. The quantitative estimate of drug-likeness (QED) is 0.424. The molecule has 3 rings (SSSR count). The number of anilines is 1. The highest BCUT2D eigenvalue weighted by molar-refractivity contribution is 7.93. The van der Waals surface area contributed by atoms with Gasteiger partial charge in [0.15, 0.2) is 0 Å². The molecule has 3 aromatic rings. The van der Waals surface area contributed by atoms with E-state index >= 15 is 0 Å². The van der Waals surface area contributed by atoms with E-state index in [4.69, 9.17) is 4.74 Å². The predicted molar refractivity (Wildman–Crippen MR) is 128 cm³/mol. The van der Waals surface area contributed by atoms with E-state index < -0.39 is 15.9 Å². The highest BCUT2D eigenvalue weighted by atomic mass is 32.2. The molecule has 168 valence electrons. The predicted octanol–water partition coefficient (Wildman–Crippen LogP) is 5.50. The summed E-state index contributed by atoms with van der Waals surface area (Å²) in [5, 5.41) is 0. The van der Waals surface area contributed by atoms with Gasteiger partial charge in [0.25, 0.3) is 10.0 Å². The van der Waals surface area contributed by atoms with E-state index in [0.29, 0.717) is 18.7 Å². The van der Waals surface area contributed by atoms with Gasteiger partial charge in [0.2, 0.25) is 5.91 Å². The number of carbonyl (C=O) groups is 1. The average molecular weight is 452 g/mol. The Morgan fingerprint density at radius 3 is 2.06 bits per heavy atom. The van der Waals surface area contributed by atoms with Gasteiger partial charge in [-0.05, 0) is 75.6 Å². The van der Waals surface area contributed by atoms with E-state index in [9.17, 15) is 13.2 Å². The highest BCUT2D eigenvalue weighted by Crippen LogP contribution is 2.30. The number of hydrogen-bond acceptors (Lipinski definition) is 4. The van der Waals surface area contributed by atoms with E-state index in [1.54, 1.807) is 24.3 Å². The minimum atomic E-state index is -4.06. The van der Waals surface area contributed by atoms with Crippen molar-refractivity contribution in [1.82, 2.24) is 0 Å². The van der Waals surface area contributed by atoms with Crippen molar-refractivity contribution in [2.45, 2.75) is 45.4 Å². The number of amides is 1. The molecule has 0 atom stereocenters. The molecule has 5 nitrogen and oxygen atoms in total. The molecular formula is C26H29NO4S. The van der Waals surface area contributed by atoms with Gasteiger partial charge in [-0.15, -0.1) is 0 Å². The third-order valence-electron chi connectivity index (χ3n) is 5.41. The van der Waals surface area contributed by atoms with Crippen LogP contribution in [0.5, 0.6) is 5.75 Å². The fraction of sp³-hybridized carbons (Fsp3) is 0.269. The lowest BCUT2D eigenvalue weighted by atomic mass is 10.1. The first-order chi connectivity index (χ1) is 15.2. The summed E-state index contributed by atoms with van der Waals surface area (Å²) < 4.78 is 33.7. The van der Waals surface area contributed by atoms with Gasteiger partial charge < -0.3 is 4.74 Å². The summed E-state index contributed by atoms with van der Waals surface area (Å²) >= 11 is 0. The van der Waals surface area contributed by atoms with E-state index in [2.05, 4.69) is 0 Å². The molecule has 0 saturated heterocycles. The maximum Gasteiger partial charge on any atom is 0.270 e. The standard InChI is InChI=1S/C26H29NO4S/c1-19-10-14-23(15-11-19)31-18-6-9-26(28)27(25-8-5-7-21(3)22(25)4)32(29,30)24-16-12-20(2)13-17-24/h5,7-8,10-17H,6,9,18H2,1-4H3. The van der Waals surface area contributed by atoms with Gasteiger partial charge >= 0.3 is 0 Å². The molecule has 0 aliphatic rings. The highest BCUT2D eigenvalue weighted by Gasteiger charge is 2.31. The molecule has 0 aliphatic carbocycles. The number of carbonyl (C=O) groups excluding carboxylic acids is 1. The first-order valence-electron chi connectivity index (χ1n) is 10.6. The van der Waals surface area contributed by atoms with E-state index in [1.807, 2.05) is 58.0 Å². The summed E-state index contributed by atoms with van der Waals surface area (Å²) in [5.41, 5.74) is 4.14. The fourth-order valence-corrected chi connectivity index (χ4v) is 4.83. The van der Waals surface area contributed by atoms with Gasteiger partial charge in [0, 0.05) is 6.42 Å². The summed E-state index contributed by atoms with van der Waals surface area (Å²) in [7, 11) is -4.06. The zero-order valence-corrected chi connectivity index (χ0v) is 19.8. The molecular weight excluding hydrogens is 422 g/mol. The minimum Gasteiger partial charge on any atom is -0.494 e. The average Bonchev–Trinajstić information content (AvgIpc) is 2.76. The monoisotopic (exact) mass is 451 g/mol. The molecule has 0 aromatic heterocycles. The number of ether oxygens (including phenoxy) is 1. The lowest BCUT2D eigenvalue weighted by Crippen LogP contribution is -2.37. The van der Waals surface area contributed by atoms with Gasteiger partial charge in [-0.25, -0.2) is 12.7 Å². The van der Waals surface area contributed by atoms with Crippen LogP contribution in [-0.2, 0) is 14.8 Å². The zero-order valence-electron chi connectivity index (χ0n) is 19.0. The van der Waals surface area contributed by atoms with Crippen LogP contribution in [0.15, 0.2) is 71.6 Å². The van der Waals surface area contributed by atoms with Gasteiger partial charge in [-0.1, -0.05) is 47.5 Å². The second-order valence-electron chi connectivity index (χ2n) is 7.96. The van der Waals surface area contributed by atoms with Gasteiger partial charge in [-0.3, -0.25) is 4.79 Å². The number of nitrogens with zero attached hydrogens (tertiary/aromatic N) is 1. The molecule has 0 bridgehead atoms. The van der Waals surface area contributed by atoms with Crippen LogP contribution in [0.25, 0.3) is 0 Å². The molecule has 0 unspecified atom stereocenters. The number of sulfonamides is 1. The lowest BCUT2D eigenvalue weighted by molar-refractivity contribution is -0.117. The van der Waals surface area contributed by atoms with Crippen molar-refractivity contribution in [3.8, 4) is 5.75 Å². The molecule has 0 N–H and O–H groups in total. The minimum absolute atomic E-state index is 0.0460. The van der Waals surface area contributed by atoms with E-state index in [0.717, 1.165) is 32.3 Å². The molecule has 0 spiro atoms. The Bertz CT molecular complexity index is 1180. The maximum atomic E-state index is 13.5. The SMILES string of the molecule is Cc1ccc(OCCCC(=O)N(c2cccc(C)c2C)S(=O)(=O)c2ccc(C)cc2)cc1. The Kier molecular flexibility index (Phi) is 7.36. The third-order valence-corrected chi connectivity index (χ3v) is 7.15. The molecule has 3 aromatic carbocycles. The zero-order chi connectivity index (χ0) is 23.3. The van der Waals surface area contributed by atoms with Crippen molar-refractivity contribution >= 4 is 21.6 Å². The maximum absolute atomic E-state index is 13.5. The number of benzene rings is 3. The van der Waals surface area contributed by atoms with Crippen LogP contribution in [0.2, 0.25) is 0 Å². The van der Waals surface area contributed by atoms with Gasteiger partial charge in [-0.2, -0.15) is 0 Å². The number of rotatable bonds is 8. The number of hydrogen-bond donors (Lipinski definition) is 0. The summed E-state index contributed by atoms with van der Waals surface area (Å²) in [5.74, 6) is 0.244. The Morgan fingerprint density at radius 2 is 1.44 bits per heavy atom. The molecule has 1 amide bonds. The molecule has 0 radical (unpaired) electrons. The topological polar surface area (TPSA) is 63.7 Å². The lowest BCUT2D eigenvalue weighted by Gasteiger charge is -2.25. The van der Waals surface area contributed by atoms with Crippen molar-refractivity contribution in [3.63, 3.8) is 0 Å². The summed E-state index contributed by atoms with van der Waals surface area (Å²) in [4.78, 5) is 13.3. The van der Waals surface area contributed by atoms with Crippen molar-refractivity contribution in [3.05, 3.63) is 89.0 Å².